The van der Waals surface area contributed by atoms with Crippen LogP contribution in [0.25, 0.3) is 10.8 Å². The largest absolute Gasteiger partial charge is 0.415 e. The smallest absolute Gasteiger partial charge is 0.408 e. The molecule has 0 fully saturated rings. The summed E-state index contributed by atoms with van der Waals surface area (Å²) in [4.78, 5) is 13.7. The molecular weight excluding hydrogens is 297 g/mol. The van der Waals surface area contributed by atoms with Gasteiger partial charge in [-0.2, -0.15) is 0 Å². The van der Waals surface area contributed by atoms with E-state index in [2.05, 4.69) is 0 Å². The van der Waals surface area contributed by atoms with Crippen molar-refractivity contribution >= 4 is 40.1 Å². The van der Waals surface area contributed by atoms with Crippen molar-refractivity contribution in [1.82, 2.24) is 4.90 Å². The Labute approximate surface area is 128 Å². The molecule has 0 saturated heterocycles. The van der Waals surface area contributed by atoms with Gasteiger partial charge in [0.25, 0.3) is 0 Å². The Bertz CT molecular complexity index is 639. The fourth-order valence-electron chi connectivity index (χ4n) is 2.01. The normalized spacial score (nSPS) is 10.6. The number of ether oxygens (including phenoxy) is 1. The minimum atomic E-state index is -0.413. The second kappa shape index (κ2) is 6.33. The number of carbonyl (C=O) groups is 1. The van der Waals surface area contributed by atoms with Crippen LogP contribution < -0.4 is 4.74 Å². The number of benzene rings is 2. The predicted molar refractivity (Wildman–Crippen MR) is 82.9 cm³/mol. The van der Waals surface area contributed by atoms with E-state index in [0.29, 0.717) is 28.9 Å². The highest BCUT2D eigenvalue weighted by Crippen LogP contribution is 2.38. The molecule has 0 radical (unpaired) electrons. The van der Waals surface area contributed by atoms with Crippen LogP contribution in [0.2, 0.25) is 10.0 Å². The molecule has 0 aliphatic rings. The molecule has 1 amide bonds. The van der Waals surface area contributed by atoms with Gasteiger partial charge in [0.15, 0.2) is 5.75 Å². The first-order valence-corrected chi connectivity index (χ1v) is 7.17. The van der Waals surface area contributed by atoms with Crippen molar-refractivity contribution in [2.45, 2.75) is 13.8 Å². The summed E-state index contributed by atoms with van der Waals surface area (Å²) in [7, 11) is 0. The van der Waals surface area contributed by atoms with Crippen molar-refractivity contribution in [3.63, 3.8) is 0 Å². The van der Waals surface area contributed by atoms with E-state index in [1.165, 1.54) is 0 Å². The lowest BCUT2D eigenvalue weighted by atomic mass is 10.1. The van der Waals surface area contributed by atoms with Gasteiger partial charge in [-0.3, -0.25) is 0 Å². The Hall–Kier alpha value is -1.45. The van der Waals surface area contributed by atoms with E-state index in [1.807, 2.05) is 38.1 Å². The first-order valence-electron chi connectivity index (χ1n) is 6.42. The first-order chi connectivity index (χ1) is 9.58. The second-order valence-electron chi connectivity index (χ2n) is 4.26. The van der Waals surface area contributed by atoms with Crippen LogP contribution in [-0.2, 0) is 0 Å². The van der Waals surface area contributed by atoms with Gasteiger partial charge < -0.3 is 9.64 Å². The zero-order chi connectivity index (χ0) is 14.7. The third-order valence-corrected chi connectivity index (χ3v) is 3.70. The Kier molecular flexibility index (Phi) is 4.73. The molecular formula is C15H15Cl2NO2. The molecule has 20 heavy (non-hydrogen) atoms. The minimum Gasteiger partial charge on any atom is -0.408 e. The monoisotopic (exact) mass is 311 g/mol. The number of hydrogen-bond donors (Lipinski definition) is 0. The van der Waals surface area contributed by atoms with E-state index in [4.69, 9.17) is 27.9 Å². The first kappa shape index (κ1) is 14.9. The number of carbonyl (C=O) groups excluding carboxylic acids is 1. The Morgan fingerprint density at radius 2 is 1.70 bits per heavy atom. The molecule has 2 aromatic rings. The van der Waals surface area contributed by atoms with Gasteiger partial charge in [-0.1, -0.05) is 47.5 Å². The number of rotatable bonds is 3. The van der Waals surface area contributed by atoms with Gasteiger partial charge in [0.1, 0.15) is 0 Å². The molecule has 2 rings (SSSR count). The standard InChI is InChI=1S/C15H15Cl2NO2/c1-3-18(4-2)15(19)20-14-11-8-6-5-7-10(11)12(16)9-13(14)17/h5-9H,3-4H2,1-2H3. The average molecular weight is 312 g/mol. The van der Waals surface area contributed by atoms with Crippen LogP contribution in [0, 0.1) is 0 Å². The number of nitrogens with zero attached hydrogens (tertiary/aromatic N) is 1. The van der Waals surface area contributed by atoms with Crippen LogP contribution in [0.1, 0.15) is 13.8 Å². The van der Waals surface area contributed by atoms with Crippen LogP contribution in [0.3, 0.4) is 0 Å². The molecule has 5 heteroatoms. The molecule has 0 bridgehead atoms. The highest BCUT2D eigenvalue weighted by Gasteiger charge is 2.17. The molecule has 106 valence electrons. The zero-order valence-electron chi connectivity index (χ0n) is 11.3. The third kappa shape index (κ3) is 2.84. The Morgan fingerprint density at radius 3 is 2.30 bits per heavy atom. The summed E-state index contributed by atoms with van der Waals surface area (Å²) in [5, 5.41) is 2.40. The molecule has 0 heterocycles. The minimum absolute atomic E-state index is 0.328. The van der Waals surface area contributed by atoms with Crippen molar-refractivity contribution in [1.29, 1.82) is 0 Å². The van der Waals surface area contributed by atoms with E-state index in [-0.39, 0.29) is 0 Å². The van der Waals surface area contributed by atoms with E-state index in [1.54, 1.807) is 11.0 Å². The Balaban J connectivity index is 2.47. The lowest BCUT2D eigenvalue weighted by Crippen LogP contribution is -2.33. The summed E-state index contributed by atoms with van der Waals surface area (Å²) in [6.45, 7) is 4.95. The molecule has 0 N–H and O–H groups in total. The maximum absolute atomic E-state index is 12.1. The van der Waals surface area contributed by atoms with Crippen LogP contribution in [0.5, 0.6) is 5.75 Å². The summed E-state index contributed by atoms with van der Waals surface area (Å²) in [5.41, 5.74) is 0. The summed E-state index contributed by atoms with van der Waals surface area (Å²) < 4.78 is 5.45. The summed E-state index contributed by atoms with van der Waals surface area (Å²) in [5.74, 6) is 0.351. The molecule has 3 nitrogen and oxygen atoms in total. The fourth-order valence-corrected chi connectivity index (χ4v) is 2.59. The fraction of sp³-hybridized carbons (Fsp3) is 0.267. The highest BCUT2D eigenvalue weighted by molar-refractivity contribution is 6.40. The second-order valence-corrected chi connectivity index (χ2v) is 5.07. The van der Waals surface area contributed by atoms with Crippen molar-refractivity contribution in [3.8, 4) is 5.75 Å². The molecule has 0 saturated carbocycles. The van der Waals surface area contributed by atoms with Crippen molar-refractivity contribution < 1.29 is 9.53 Å². The Morgan fingerprint density at radius 1 is 1.10 bits per heavy atom. The molecule has 0 aromatic heterocycles. The van der Waals surface area contributed by atoms with Gasteiger partial charge in [-0.15, -0.1) is 0 Å². The van der Waals surface area contributed by atoms with Gasteiger partial charge in [0.2, 0.25) is 0 Å². The summed E-state index contributed by atoms with van der Waals surface area (Å²) in [6, 6.07) is 9.01. The number of fused-ring (bicyclic) bond motifs is 1. The zero-order valence-corrected chi connectivity index (χ0v) is 12.8. The van der Waals surface area contributed by atoms with Crippen LogP contribution in [-0.4, -0.2) is 24.1 Å². The van der Waals surface area contributed by atoms with Gasteiger partial charge in [0, 0.05) is 23.9 Å². The van der Waals surface area contributed by atoms with Gasteiger partial charge in [-0.25, -0.2) is 4.79 Å². The maximum atomic E-state index is 12.1. The molecule has 0 spiro atoms. The molecule has 0 aliphatic carbocycles. The van der Waals surface area contributed by atoms with E-state index < -0.39 is 6.09 Å². The lowest BCUT2D eigenvalue weighted by molar-refractivity contribution is 0.158. The molecule has 0 atom stereocenters. The van der Waals surface area contributed by atoms with E-state index in [0.717, 1.165) is 10.8 Å². The number of hydrogen-bond acceptors (Lipinski definition) is 2. The van der Waals surface area contributed by atoms with Crippen molar-refractivity contribution in [2.75, 3.05) is 13.1 Å². The molecule has 0 unspecified atom stereocenters. The molecule has 0 aliphatic heterocycles. The topological polar surface area (TPSA) is 29.5 Å². The van der Waals surface area contributed by atoms with Gasteiger partial charge in [0.05, 0.1) is 10.0 Å². The number of halogens is 2. The highest BCUT2D eigenvalue weighted by atomic mass is 35.5. The lowest BCUT2D eigenvalue weighted by Gasteiger charge is -2.19. The van der Waals surface area contributed by atoms with E-state index >= 15 is 0 Å². The maximum Gasteiger partial charge on any atom is 0.415 e. The van der Waals surface area contributed by atoms with Crippen LogP contribution in [0.4, 0.5) is 4.79 Å². The summed E-state index contributed by atoms with van der Waals surface area (Å²) in [6.07, 6.45) is -0.413. The van der Waals surface area contributed by atoms with Crippen molar-refractivity contribution in [2.24, 2.45) is 0 Å². The molecule has 2 aromatic carbocycles. The quantitative estimate of drug-likeness (QED) is 0.799. The van der Waals surface area contributed by atoms with Crippen LogP contribution in [0.15, 0.2) is 30.3 Å². The summed E-state index contributed by atoms with van der Waals surface area (Å²) >= 11 is 12.3. The van der Waals surface area contributed by atoms with Crippen molar-refractivity contribution in [3.05, 3.63) is 40.4 Å². The van der Waals surface area contributed by atoms with Gasteiger partial charge >= 0.3 is 6.09 Å². The average Bonchev–Trinajstić information content (AvgIpc) is 2.45. The number of amides is 1. The van der Waals surface area contributed by atoms with Gasteiger partial charge in [-0.05, 0) is 19.9 Å². The SMILES string of the molecule is CCN(CC)C(=O)Oc1c(Cl)cc(Cl)c2ccccc12. The predicted octanol–water partition coefficient (Wildman–Crippen LogP) is 4.99. The van der Waals surface area contributed by atoms with E-state index in [9.17, 15) is 4.79 Å². The van der Waals surface area contributed by atoms with Crippen LogP contribution >= 0.6 is 23.2 Å². The third-order valence-electron chi connectivity index (χ3n) is 3.11.